The van der Waals surface area contributed by atoms with Gasteiger partial charge in [-0.1, -0.05) is 49.7 Å². The Morgan fingerprint density at radius 3 is 2.73 bits per heavy atom. The lowest BCUT2D eigenvalue weighted by atomic mass is 10.0. The first-order valence-corrected chi connectivity index (χ1v) is 5.38. The van der Waals surface area contributed by atoms with Crippen LogP contribution in [0.25, 0.3) is 10.8 Å². The molecule has 2 aromatic rings. The van der Waals surface area contributed by atoms with Gasteiger partial charge in [0.15, 0.2) is 0 Å². The SMILES string of the molecule is C[C](C)Cc1nc(Cl)cc2ccccc12. The molecule has 1 aromatic carbocycles. The maximum Gasteiger partial charge on any atom is 0.129 e. The zero-order chi connectivity index (χ0) is 10.8. The molecule has 15 heavy (non-hydrogen) atoms. The third-order valence-electron chi connectivity index (χ3n) is 2.31. The molecule has 0 aliphatic rings. The van der Waals surface area contributed by atoms with Crippen LogP contribution in [0.1, 0.15) is 19.5 Å². The second-order valence-corrected chi connectivity index (χ2v) is 4.38. The zero-order valence-electron chi connectivity index (χ0n) is 8.92. The predicted molar refractivity (Wildman–Crippen MR) is 65.0 cm³/mol. The highest BCUT2D eigenvalue weighted by molar-refractivity contribution is 6.30. The summed E-state index contributed by atoms with van der Waals surface area (Å²) in [5.74, 6) is 1.34. The van der Waals surface area contributed by atoms with Crippen molar-refractivity contribution in [3.63, 3.8) is 0 Å². The van der Waals surface area contributed by atoms with Crippen molar-refractivity contribution in [2.75, 3.05) is 0 Å². The Morgan fingerprint density at radius 2 is 2.00 bits per heavy atom. The van der Waals surface area contributed by atoms with Crippen molar-refractivity contribution in [1.29, 1.82) is 0 Å². The molecule has 0 aliphatic heterocycles. The molecule has 0 spiro atoms. The van der Waals surface area contributed by atoms with Crippen molar-refractivity contribution in [2.45, 2.75) is 20.3 Å². The van der Waals surface area contributed by atoms with Gasteiger partial charge >= 0.3 is 0 Å². The quantitative estimate of drug-likeness (QED) is 0.694. The van der Waals surface area contributed by atoms with Crippen LogP contribution in [0, 0.1) is 5.92 Å². The van der Waals surface area contributed by atoms with Crippen molar-refractivity contribution >= 4 is 22.4 Å². The van der Waals surface area contributed by atoms with Gasteiger partial charge in [0.25, 0.3) is 0 Å². The standard InChI is InChI=1S/C13H13ClN/c1-9(2)7-12-11-6-4-3-5-10(11)8-13(14)15-12/h3-6,8H,7H2,1-2H3. The number of fused-ring (bicyclic) bond motifs is 1. The summed E-state index contributed by atoms with van der Waals surface area (Å²) >= 11 is 5.99. The molecule has 0 saturated heterocycles. The highest BCUT2D eigenvalue weighted by Crippen LogP contribution is 2.23. The first kappa shape index (κ1) is 10.4. The van der Waals surface area contributed by atoms with Gasteiger partial charge < -0.3 is 0 Å². The highest BCUT2D eigenvalue weighted by Gasteiger charge is 2.06. The van der Waals surface area contributed by atoms with Gasteiger partial charge in [0.1, 0.15) is 5.15 Å². The Morgan fingerprint density at radius 1 is 1.27 bits per heavy atom. The third-order valence-corrected chi connectivity index (χ3v) is 2.50. The number of hydrogen-bond donors (Lipinski definition) is 0. The molecular weight excluding hydrogens is 206 g/mol. The first-order chi connectivity index (χ1) is 7.16. The molecule has 1 aromatic heterocycles. The number of halogens is 1. The number of rotatable bonds is 2. The molecule has 1 heterocycles. The topological polar surface area (TPSA) is 12.9 Å². The summed E-state index contributed by atoms with van der Waals surface area (Å²) in [7, 11) is 0. The van der Waals surface area contributed by atoms with Gasteiger partial charge in [0.2, 0.25) is 0 Å². The summed E-state index contributed by atoms with van der Waals surface area (Å²) in [6.45, 7) is 4.22. The minimum absolute atomic E-state index is 0.574. The van der Waals surface area contributed by atoms with E-state index in [9.17, 15) is 0 Å². The van der Waals surface area contributed by atoms with E-state index in [4.69, 9.17) is 11.6 Å². The van der Waals surface area contributed by atoms with Gasteiger partial charge in [-0.15, -0.1) is 0 Å². The second kappa shape index (κ2) is 4.19. The van der Waals surface area contributed by atoms with E-state index in [1.165, 1.54) is 11.3 Å². The van der Waals surface area contributed by atoms with Crippen molar-refractivity contribution in [3.05, 3.63) is 47.1 Å². The lowest BCUT2D eigenvalue weighted by molar-refractivity contribution is 0.927. The van der Waals surface area contributed by atoms with E-state index < -0.39 is 0 Å². The predicted octanol–water partition coefficient (Wildman–Crippen LogP) is 4.04. The Labute approximate surface area is 95.1 Å². The Balaban J connectivity index is 2.60. The summed E-state index contributed by atoms with van der Waals surface area (Å²) in [4.78, 5) is 4.39. The molecule has 2 rings (SSSR count). The normalized spacial score (nSPS) is 11.2. The van der Waals surface area contributed by atoms with Crippen LogP contribution in [0.15, 0.2) is 30.3 Å². The van der Waals surface area contributed by atoms with E-state index in [-0.39, 0.29) is 0 Å². The number of nitrogens with zero attached hydrogens (tertiary/aromatic N) is 1. The van der Waals surface area contributed by atoms with E-state index >= 15 is 0 Å². The Kier molecular flexibility index (Phi) is 2.92. The molecule has 0 bridgehead atoms. The summed E-state index contributed by atoms with van der Waals surface area (Å²) < 4.78 is 0. The lowest BCUT2D eigenvalue weighted by Gasteiger charge is -2.08. The van der Waals surface area contributed by atoms with Crippen LogP contribution in [-0.4, -0.2) is 4.98 Å². The maximum absolute atomic E-state index is 5.99. The van der Waals surface area contributed by atoms with E-state index in [2.05, 4.69) is 31.0 Å². The fourth-order valence-corrected chi connectivity index (χ4v) is 1.92. The zero-order valence-corrected chi connectivity index (χ0v) is 9.67. The van der Waals surface area contributed by atoms with Crippen LogP contribution >= 0.6 is 11.6 Å². The Hall–Kier alpha value is -1.08. The molecule has 0 saturated carbocycles. The number of benzene rings is 1. The highest BCUT2D eigenvalue weighted by atomic mass is 35.5. The molecule has 77 valence electrons. The number of pyridine rings is 1. The van der Waals surface area contributed by atoms with Crippen molar-refractivity contribution in [3.8, 4) is 0 Å². The summed E-state index contributed by atoms with van der Waals surface area (Å²) in [6.07, 6.45) is 0.890. The second-order valence-electron chi connectivity index (χ2n) is 4.00. The molecule has 2 heteroatoms. The molecule has 0 fully saturated rings. The van der Waals surface area contributed by atoms with Crippen LogP contribution in [0.2, 0.25) is 5.15 Å². The molecule has 0 amide bonds. The molecule has 0 N–H and O–H groups in total. The van der Waals surface area contributed by atoms with E-state index in [1.54, 1.807) is 0 Å². The lowest BCUT2D eigenvalue weighted by Crippen LogP contribution is -1.97. The monoisotopic (exact) mass is 218 g/mol. The molecule has 0 aliphatic carbocycles. The summed E-state index contributed by atoms with van der Waals surface area (Å²) in [6, 6.07) is 10.1. The number of hydrogen-bond acceptors (Lipinski definition) is 1. The van der Waals surface area contributed by atoms with E-state index in [0.29, 0.717) is 5.15 Å². The third kappa shape index (κ3) is 2.29. The largest absolute Gasteiger partial charge is 0.240 e. The molecule has 1 radical (unpaired) electrons. The van der Waals surface area contributed by atoms with Gasteiger partial charge in [-0.25, -0.2) is 4.98 Å². The van der Waals surface area contributed by atoms with Gasteiger partial charge in [0, 0.05) is 5.39 Å². The fourth-order valence-electron chi connectivity index (χ4n) is 1.71. The van der Waals surface area contributed by atoms with Crippen LogP contribution < -0.4 is 0 Å². The van der Waals surface area contributed by atoms with Crippen molar-refractivity contribution < 1.29 is 0 Å². The molecular formula is C13H13ClN. The summed E-state index contributed by atoms with van der Waals surface area (Å²) in [5.41, 5.74) is 1.07. The summed E-state index contributed by atoms with van der Waals surface area (Å²) in [5, 5.41) is 2.93. The molecule has 1 nitrogen and oxygen atoms in total. The van der Waals surface area contributed by atoms with Crippen molar-refractivity contribution in [2.24, 2.45) is 0 Å². The first-order valence-electron chi connectivity index (χ1n) is 5.00. The minimum atomic E-state index is 0.574. The smallest absolute Gasteiger partial charge is 0.129 e. The van der Waals surface area contributed by atoms with Crippen LogP contribution in [-0.2, 0) is 6.42 Å². The van der Waals surface area contributed by atoms with Crippen LogP contribution in [0.4, 0.5) is 0 Å². The van der Waals surface area contributed by atoms with E-state index in [1.807, 2.05) is 18.2 Å². The molecule has 0 atom stereocenters. The van der Waals surface area contributed by atoms with Gasteiger partial charge in [0.05, 0.1) is 5.69 Å². The number of aromatic nitrogens is 1. The minimum Gasteiger partial charge on any atom is -0.240 e. The van der Waals surface area contributed by atoms with Crippen molar-refractivity contribution in [1.82, 2.24) is 4.98 Å². The maximum atomic E-state index is 5.99. The Bertz CT molecular complexity index is 477. The average molecular weight is 219 g/mol. The van der Waals surface area contributed by atoms with E-state index in [0.717, 1.165) is 17.5 Å². The van der Waals surface area contributed by atoms with Gasteiger partial charge in [-0.05, 0) is 23.8 Å². The van der Waals surface area contributed by atoms with Gasteiger partial charge in [-0.3, -0.25) is 0 Å². The van der Waals surface area contributed by atoms with Crippen LogP contribution in [0.5, 0.6) is 0 Å². The average Bonchev–Trinajstić information content (AvgIpc) is 2.16. The molecule has 0 unspecified atom stereocenters. The fraction of sp³-hybridized carbons (Fsp3) is 0.231. The van der Waals surface area contributed by atoms with Crippen LogP contribution in [0.3, 0.4) is 0 Å². The van der Waals surface area contributed by atoms with Gasteiger partial charge in [-0.2, -0.15) is 0 Å².